The average molecular weight is 654 g/mol. The summed E-state index contributed by atoms with van der Waals surface area (Å²) in [5.41, 5.74) is 6.31. The predicted octanol–water partition coefficient (Wildman–Crippen LogP) is 3.15. The van der Waals surface area contributed by atoms with Gasteiger partial charge < -0.3 is 26.4 Å². The number of hydrogen-bond acceptors (Lipinski definition) is 7. The van der Waals surface area contributed by atoms with Gasteiger partial charge in [0.05, 0.1) is 17.9 Å². The number of amides is 2. The number of nitrogens with two attached hydrogens (primary N) is 1. The van der Waals surface area contributed by atoms with Gasteiger partial charge in [0, 0.05) is 48.8 Å². The predicted molar refractivity (Wildman–Crippen MR) is 174 cm³/mol. The Bertz CT molecular complexity index is 1230. The lowest BCUT2D eigenvalue weighted by Crippen LogP contribution is -2.58. The lowest BCUT2D eigenvalue weighted by Gasteiger charge is -2.42. The highest BCUT2D eigenvalue weighted by molar-refractivity contribution is 7.89. The van der Waals surface area contributed by atoms with Crippen molar-refractivity contribution in [2.75, 3.05) is 32.0 Å². The lowest BCUT2D eigenvalue weighted by atomic mass is 9.73. The molecule has 4 rings (SSSR count). The van der Waals surface area contributed by atoms with E-state index in [1.165, 1.54) is 0 Å². The molecule has 7 unspecified atom stereocenters. The van der Waals surface area contributed by atoms with Gasteiger partial charge in [0.15, 0.2) is 0 Å². The first-order valence-electron chi connectivity index (χ1n) is 16.3. The van der Waals surface area contributed by atoms with Gasteiger partial charge >= 0.3 is 0 Å². The number of nitrogens with one attached hydrogen (secondary N) is 3. The third-order valence-electron chi connectivity index (χ3n) is 9.78. The second-order valence-electron chi connectivity index (χ2n) is 13.5. The number of piperazine rings is 1. The average Bonchev–Trinajstić information content (AvgIpc) is 3.43. The van der Waals surface area contributed by atoms with Gasteiger partial charge in [-0.3, -0.25) is 9.59 Å². The van der Waals surface area contributed by atoms with Crippen LogP contribution in [0.5, 0.6) is 0 Å². The Balaban J connectivity index is 1.53. The van der Waals surface area contributed by atoms with E-state index in [1.54, 1.807) is 11.2 Å². The van der Waals surface area contributed by atoms with Crippen molar-refractivity contribution in [3.05, 3.63) is 34.9 Å². The molecule has 5 N–H and O–H groups in total. The fourth-order valence-electron chi connectivity index (χ4n) is 7.48. The van der Waals surface area contributed by atoms with Crippen LogP contribution < -0.4 is 21.7 Å². The van der Waals surface area contributed by atoms with E-state index in [-0.39, 0.29) is 65.6 Å². The van der Waals surface area contributed by atoms with Gasteiger partial charge in [-0.05, 0) is 95.8 Å². The molecule has 1 aliphatic carbocycles. The van der Waals surface area contributed by atoms with Crippen LogP contribution >= 0.6 is 11.6 Å². The van der Waals surface area contributed by atoms with Gasteiger partial charge in [-0.2, -0.15) is 4.31 Å². The van der Waals surface area contributed by atoms with Gasteiger partial charge in [0.25, 0.3) is 0 Å². The molecule has 1 aromatic rings. The van der Waals surface area contributed by atoms with E-state index >= 15 is 0 Å². The fraction of sp³-hybridized carbons (Fsp3) is 0.750. The van der Waals surface area contributed by atoms with Crippen LogP contribution in [-0.2, 0) is 24.3 Å². The van der Waals surface area contributed by atoms with Crippen LogP contribution in [0.3, 0.4) is 0 Å². The summed E-state index contributed by atoms with van der Waals surface area (Å²) in [6.45, 7) is 9.29. The smallest absolute Gasteiger partial charge is 0.243 e. The molecule has 2 amide bonds. The SMILES string of the molecule is CCS(=O)(=O)N1CC(C)NCC1CCC1CCCC1NC(=O)C(NC(=O)CN)C(c1ccc(Cl)cc1)C1CCOC(C)(C)C1. The zero-order valence-electron chi connectivity index (χ0n) is 26.7. The molecule has 2 saturated heterocycles. The first kappa shape index (κ1) is 35.1. The second kappa shape index (κ2) is 15.2. The summed E-state index contributed by atoms with van der Waals surface area (Å²) in [6.07, 6.45) is 5.85. The molecule has 7 atom stereocenters. The van der Waals surface area contributed by atoms with Gasteiger partial charge in [-0.25, -0.2) is 8.42 Å². The molecule has 0 bridgehead atoms. The topological polar surface area (TPSA) is 143 Å². The normalized spacial score (nSPS) is 29.1. The Labute approximate surface area is 268 Å². The maximum Gasteiger partial charge on any atom is 0.243 e. The highest BCUT2D eigenvalue weighted by Crippen LogP contribution is 2.41. The Hall–Kier alpha value is -1.76. The molecule has 12 heteroatoms. The summed E-state index contributed by atoms with van der Waals surface area (Å²) in [5, 5.41) is 10.4. The van der Waals surface area contributed by atoms with Crippen molar-refractivity contribution in [2.24, 2.45) is 17.6 Å². The zero-order chi connectivity index (χ0) is 32.1. The molecule has 0 radical (unpaired) electrons. The van der Waals surface area contributed by atoms with Crippen molar-refractivity contribution >= 4 is 33.4 Å². The van der Waals surface area contributed by atoms with E-state index in [0.29, 0.717) is 24.7 Å². The van der Waals surface area contributed by atoms with E-state index in [9.17, 15) is 18.0 Å². The van der Waals surface area contributed by atoms with Crippen molar-refractivity contribution in [1.82, 2.24) is 20.3 Å². The van der Waals surface area contributed by atoms with Gasteiger partial charge in [0.2, 0.25) is 21.8 Å². The molecule has 10 nitrogen and oxygen atoms in total. The molecule has 1 saturated carbocycles. The quantitative estimate of drug-likeness (QED) is 0.271. The van der Waals surface area contributed by atoms with Crippen LogP contribution in [0.1, 0.15) is 84.1 Å². The van der Waals surface area contributed by atoms with Gasteiger partial charge in [0.1, 0.15) is 6.04 Å². The van der Waals surface area contributed by atoms with Crippen molar-refractivity contribution < 1.29 is 22.7 Å². The number of sulfonamides is 1. The minimum absolute atomic E-state index is 0.0523. The first-order valence-corrected chi connectivity index (χ1v) is 18.2. The van der Waals surface area contributed by atoms with Crippen LogP contribution in [0.15, 0.2) is 24.3 Å². The summed E-state index contributed by atoms with van der Waals surface area (Å²) in [6, 6.07) is 6.67. The molecular weight excluding hydrogens is 602 g/mol. The van der Waals surface area contributed by atoms with E-state index in [0.717, 1.165) is 50.5 Å². The summed E-state index contributed by atoms with van der Waals surface area (Å²) >= 11 is 6.23. The number of rotatable bonds is 12. The highest BCUT2D eigenvalue weighted by atomic mass is 35.5. The molecule has 0 aromatic heterocycles. The number of carbonyl (C=O) groups excluding carboxylic acids is 2. The summed E-state index contributed by atoms with van der Waals surface area (Å²) in [7, 11) is -3.31. The molecular formula is C32H52ClN5O5S. The maximum atomic E-state index is 14.2. The Morgan fingerprint density at radius 1 is 1.18 bits per heavy atom. The molecule has 44 heavy (non-hydrogen) atoms. The van der Waals surface area contributed by atoms with E-state index in [1.807, 2.05) is 31.2 Å². The van der Waals surface area contributed by atoms with Crippen LogP contribution in [-0.4, -0.2) is 86.3 Å². The second-order valence-corrected chi connectivity index (χ2v) is 16.2. The van der Waals surface area contributed by atoms with Gasteiger partial charge in [-0.1, -0.05) is 30.2 Å². The monoisotopic (exact) mass is 653 g/mol. The largest absolute Gasteiger partial charge is 0.376 e. The molecule has 1 aromatic carbocycles. The zero-order valence-corrected chi connectivity index (χ0v) is 28.3. The van der Waals surface area contributed by atoms with Crippen LogP contribution in [0.4, 0.5) is 0 Å². The molecule has 2 aliphatic heterocycles. The fourth-order valence-corrected chi connectivity index (χ4v) is 9.03. The number of halogens is 1. The van der Waals surface area contributed by atoms with Crippen molar-refractivity contribution in [2.45, 2.75) is 108 Å². The molecule has 248 valence electrons. The third kappa shape index (κ3) is 8.94. The Morgan fingerprint density at radius 3 is 2.57 bits per heavy atom. The van der Waals surface area contributed by atoms with E-state index in [4.69, 9.17) is 22.1 Å². The van der Waals surface area contributed by atoms with Crippen molar-refractivity contribution in [1.29, 1.82) is 0 Å². The standard InChI is InChI=1S/C32H52ClN5O5S/c1-5-44(41,42)38-20-21(2)35-19-26(38)14-11-22-7-6-8-27(22)36-31(40)30(37-28(39)18-34)29(23-9-12-25(33)13-10-23)24-15-16-43-32(3,4)17-24/h9-10,12-13,21-22,24,26-27,29-30,35H,5-8,11,14-20,34H2,1-4H3,(H,36,40)(H,37,39). The minimum atomic E-state index is -3.31. The van der Waals surface area contributed by atoms with Crippen molar-refractivity contribution in [3.8, 4) is 0 Å². The number of benzene rings is 1. The first-order chi connectivity index (χ1) is 20.8. The number of nitrogens with zero attached hydrogens (tertiary/aromatic N) is 1. The molecule has 2 heterocycles. The summed E-state index contributed by atoms with van der Waals surface area (Å²) in [4.78, 5) is 27.0. The van der Waals surface area contributed by atoms with Crippen LogP contribution in [0.2, 0.25) is 5.02 Å². The molecule has 3 aliphatic rings. The highest BCUT2D eigenvalue weighted by Gasteiger charge is 2.42. The summed E-state index contributed by atoms with van der Waals surface area (Å²) < 4.78 is 33.4. The van der Waals surface area contributed by atoms with Crippen LogP contribution in [0, 0.1) is 11.8 Å². The third-order valence-corrected chi connectivity index (χ3v) is 11.9. The number of hydrogen-bond donors (Lipinski definition) is 4. The number of carbonyl (C=O) groups is 2. The Morgan fingerprint density at radius 2 is 1.91 bits per heavy atom. The minimum Gasteiger partial charge on any atom is -0.376 e. The van der Waals surface area contributed by atoms with E-state index in [2.05, 4.69) is 29.8 Å². The lowest BCUT2D eigenvalue weighted by molar-refractivity contribution is -0.131. The van der Waals surface area contributed by atoms with Crippen LogP contribution in [0.25, 0.3) is 0 Å². The Kier molecular flexibility index (Phi) is 12.1. The molecule has 0 spiro atoms. The maximum absolute atomic E-state index is 14.2. The van der Waals surface area contributed by atoms with E-state index < -0.39 is 16.1 Å². The number of ether oxygens (including phenoxy) is 1. The molecule has 3 fully saturated rings. The van der Waals surface area contributed by atoms with Crippen molar-refractivity contribution in [3.63, 3.8) is 0 Å². The van der Waals surface area contributed by atoms with Gasteiger partial charge in [-0.15, -0.1) is 0 Å². The summed E-state index contributed by atoms with van der Waals surface area (Å²) in [5.74, 6) is -0.486.